The number of morpholine rings is 1. The van der Waals surface area contributed by atoms with E-state index in [-0.39, 0.29) is 18.8 Å². The number of carboxylic acids is 1. The van der Waals surface area contributed by atoms with Crippen molar-refractivity contribution in [2.24, 2.45) is 0 Å². The molecule has 0 unspecified atom stereocenters. The van der Waals surface area contributed by atoms with E-state index in [1.54, 1.807) is 37.8 Å². The molecule has 1 amide bonds. The maximum absolute atomic E-state index is 12.7. The zero-order chi connectivity index (χ0) is 17.5. The number of benzene rings is 1. The van der Waals surface area contributed by atoms with Gasteiger partial charge < -0.3 is 19.3 Å². The van der Waals surface area contributed by atoms with Gasteiger partial charge in [0.25, 0.3) is 0 Å². The Bertz CT molecular complexity index is 676. The topological polar surface area (TPSA) is 85.3 Å². The predicted octanol–water partition coefficient (Wildman–Crippen LogP) is 2.24. The van der Waals surface area contributed by atoms with Crippen molar-refractivity contribution in [1.82, 2.24) is 4.90 Å². The van der Waals surface area contributed by atoms with E-state index in [1.807, 2.05) is 0 Å². The average molecular weight is 335 g/mol. The summed E-state index contributed by atoms with van der Waals surface area (Å²) in [6, 6.07) is 4.66. The Hall–Kier alpha value is -2.28. The van der Waals surface area contributed by atoms with Crippen LogP contribution < -0.4 is 4.74 Å². The summed E-state index contributed by atoms with van der Waals surface area (Å²) in [6.45, 7) is 6.62. The van der Waals surface area contributed by atoms with Crippen molar-refractivity contribution in [1.29, 1.82) is 0 Å². The third-order valence-electron chi connectivity index (χ3n) is 4.12. The minimum absolute atomic E-state index is 0.147. The van der Waals surface area contributed by atoms with E-state index in [0.29, 0.717) is 24.5 Å². The molecule has 0 aromatic heterocycles. The number of amides is 1. The smallest absolute Gasteiger partial charge is 0.411 e. The first kappa shape index (κ1) is 16.6. The normalized spacial score (nSPS) is 22.9. The van der Waals surface area contributed by atoms with Crippen LogP contribution in [0.1, 0.15) is 36.7 Å². The highest BCUT2D eigenvalue weighted by molar-refractivity contribution is 5.88. The van der Waals surface area contributed by atoms with Crippen molar-refractivity contribution in [3.8, 4) is 5.75 Å². The summed E-state index contributed by atoms with van der Waals surface area (Å²) in [7, 11) is 0. The standard InChI is InChI=1S/C17H21NO6/c1-16(2,3)24-15(21)18-6-7-22-9-17(18)10-23-13-5-4-11(14(19)20)8-12(13)17/h4-5,8H,6-7,9-10H2,1-3H3,(H,19,20)/t17-/m1/s1. The minimum atomic E-state index is -1.03. The molecular formula is C17H21NO6. The molecule has 0 bridgehead atoms. The molecule has 3 rings (SSSR count). The van der Waals surface area contributed by atoms with Gasteiger partial charge in [0.2, 0.25) is 0 Å². The molecule has 1 aromatic rings. The monoisotopic (exact) mass is 335 g/mol. The van der Waals surface area contributed by atoms with Gasteiger partial charge in [-0.2, -0.15) is 0 Å². The van der Waals surface area contributed by atoms with Gasteiger partial charge in [-0.1, -0.05) is 0 Å². The second-order valence-electron chi connectivity index (χ2n) is 7.02. The van der Waals surface area contributed by atoms with Gasteiger partial charge in [-0.15, -0.1) is 0 Å². The first-order chi connectivity index (χ1) is 11.2. The molecule has 1 aromatic carbocycles. The minimum Gasteiger partial charge on any atom is -0.490 e. The fourth-order valence-electron chi connectivity index (χ4n) is 3.04. The van der Waals surface area contributed by atoms with Gasteiger partial charge in [0.15, 0.2) is 0 Å². The van der Waals surface area contributed by atoms with Gasteiger partial charge in [0.1, 0.15) is 23.5 Å². The van der Waals surface area contributed by atoms with E-state index in [4.69, 9.17) is 14.2 Å². The molecule has 1 saturated heterocycles. The number of aromatic carboxylic acids is 1. The van der Waals surface area contributed by atoms with Crippen molar-refractivity contribution >= 4 is 12.1 Å². The van der Waals surface area contributed by atoms with Crippen LogP contribution in [0.3, 0.4) is 0 Å². The van der Waals surface area contributed by atoms with E-state index in [2.05, 4.69) is 0 Å². The predicted molar refractivity (Wildman–Crippen MR) is 84.3 cm³/mol. The molecule has 0 aliphatic carbocycles. The van der Waals surface area contributed by atoms with Crippen LogP contribution in [-0.4, -0.2) is 54.0 Å². The highest BCUT2D eigenvalue weighted by Crippen LogP contribution is 2.44. The zero-order valence-corrected chi connectivity index (χ0v) is 14.0. The number of ether oxygens (including phenoxy) is 3. The van der Waals surface area contributed by atoms with Crippen LogP contribution in [0.2, 0.25) is 0 Å². The lowest BCUT2D eigenvalue weighted by molar-refractivity contribution is -0.0833. The Morgan fingerprint density at radius 1 is 1.29 bits per heavy atom. The molecule has 1 N–H and O–H groups in total. The Morgan fingerprint density at radius 3 is 2.71 bits per heavy atom. The van der Waals surface area contributed by atoms with Crippen molar-refractivity contribution < 1.29 is 28.9 Å². The molecule has 7 heteroatoms. The van der Waals surface area contributed by atoms with Gasteiger partial charge in [-0.05, 0) is 39.0 Å². The number of carbonyl (C=O) groups is 2. The maximum Gasteiger partial charge on any atom is 0.411 e. The molecule has 2 aliphatic heterocycles. The second-order valence-corrected chi connectivity index (χ2v) is 7.02. The molecule has 2 heterocycles. The van der Waals surface area contributed by atoms with E-state index in [1.165, 1.54) is 6.07 Å². The Kier molecular flexibility index (Phi) is 3.91. The molecule has 2 aliphatic rings. The van der Waals surface area contributed by atoms with Crippen LogP contribution in [0.5, 0.6) is 5.75 Å². The van der Waals surface area contributed by atoms with E-state index in [9.17, 15) is 14.7 Å². The number of rotatable bonds is 1. The number of fused-ring (bicyclic) bond motifs is 2. The van der Waals surface area contributed by atoms with E-state index < -0.39 is 23.2 Å². The van der Waals surface area contributed by atoms with Crippen LogP contribution in [0.25, 0.3) is 0 Å². The van der Waals surface area contributed by atoms with Gasteiger partial charge in [-0.25, -0.2) is 9.59 Å². The molecule has 0 radical (unpaired) electrons. The highest BCUT2D eigenvalue weighted by atomic mass is 16.6. The highest BCUT2D eigenvalue weighted by Gasteiger charge is 2.51. The van der Waals surface area contributed by atoms with Crippen LogP contribution in [-0.2, 0) is 15.0 Å². The number of hydrogen-bond acceptors (Lipinski definition) is 5. The summed E-state index contributed by atoms with van der Waals surface area (Å²) in [5, 5.41) is 9.25. The lowest BCUT2D eigenvalue weighted by atomic mass is 9.89. The first-order valence-corrected chi connectivity index (χ1v) is 7.82. The molecular weight excluding hydrogens is 314 g/mol. The van der Waals surface area contributed by atoms with Crippen LogP contribution in [0, 0.1) is 0 Å². The van der Waals surface area contributed by atoms with Gasteiger partial charge in [0, 0.05) is 12.1 Å². The molecule has 7 nitrogen and oxygen atoms in total. The van der Waals surface area contributed by atoms with Crippen molar-refractivity contribution in [3.05, 3.63) is 29.3 Å². The lowest BCUT2D eigenvalue weighted by Gasteiger charge is -2.43. The average Bonchev–Trinajstić information content (AvgIpc) is 2.84. The van der Waals surface area contributed by atoms with Crippen molar-refractivity contribution in [2.75, 3.05) is 26.4 Å². The number of carboxylic acid groups (broad SMARTS) is 1. The summed E-state index contributed by atoms with van der Waals surface area (Å²) in [5.41, 5.74) is -0.690. The van der Waals surface area contributed by atoms with Crippen LogP contribution >= 0.6 is 0 Å². The quantitative estimate of drug-likeness (QED) is 0.847. The van der Waals surface area contributed by atoms with Crippen molar-refractivity contribution in [2.45, 2.75) is 31.9 Å². The van der Waals surface area contributed by atoms with E-state index >= 15 is 0 Å². The number of carbonyl (C=O) groups excluding carboxylic acids is 1. The lowest BCUT2D eigenvalue weighted by Crippen LogP contribution is -2.58. The Morgan fingerprint density at radius 2 is 2.04 bits per heavy atom. The van der Waals surface area contributed by atoms with E-state index in [0.717, 1.165) is 0 Å². The van der Waals surface area contributed by atoms with Gasteiger partial charge in [0.05, 0.1) is 18.8 Å². The largest absolute Gasteiger partial charge is 0.490 e. The summed E-state index contributed by atoms with van der Waals surface area (Å²) >= 11 is 0. The van der Waals surface area contributed by atoms with Crippen LogP contribution in [0.15, 0.2) is 18.2 Å². The molecule has 1 spiro atoms. The Balaban J connectivity index is 2.01. The summed E-state index contributed by atoms with van der Waals surface area (Å²) in [5.74, 6) is -0.459. The number of hydrogen-bond donors (Lipinski definition) is 1. The molecule has 1 fully saturated rings. The summed E-state index contributed by atoms with van der Waals surface area (Å²) < 4.78 is 16.8. The third-order valence-corrected chi connectivity index (χ3v) is 4.12. The molecule has 130 valence electrons. The molecule has 1 atom stereocenters. The summed E-state index contributed by atoms with van der Waals surface area (Å²) in [4.78, 5) is 25.6. The van der Waals surface area contributed by atoms with Gasteiger partial charge in [-0.3, -0.25) is 4.90 Å². The third kappa shape index (κ3) is 2.80. The fourth-order valence-corrected chi connectivity index (χ4v) is 3.04. The van der Waals surface area contributed by atoms with Gasteiger partial charge >= 0.3 is 12.1 Å². The van der Waals surface area contributed by atoms with Crippen LogP contribution in [0.4, 0.5) is 4.79 Å². The summed E-state index contributed by atoms with van der Waals surface area (Å²) in [6.07, 6.45) is -0.456. The second kappa shape index (κ2) is 5.66. The molecule has 24 heavy (non-hydrogen) atoms. The first-order valence-electron chi connectivity index (χ1n) is 7.82. The maximum atomic E-state index is 12.7. The fraction of sp³-hybridized carbons (Fsp3) is 0.529. The molecule has 0 saturated carbocycles. The Labute approximate surface area is 140 Å². The van der Waals surface area contributed by atoms with Crippen molar-refractivity contribution in [3.63, 3.8) is 0 Å². The zero-order valence-electron chi connectivity index (χ0n) is 14.0. The SMILES string of the molecule is CC(C)(C)OC(=O)N1CCOC[C@]12COc1ccc(C(=O)O)cc12. The number of nitrogens with zero attached hydrogens (tertiary/aromatic N) is 1.